The van der Waals surface area contributed by atoms with Gasteiger partial charge in [-0.3, -0.25) is 4.79 Å². The third-order valence-corrected chi connectivity index (χ3v) is 3.59. The molecule has 7 heteroatoms. The molecule has 2 aromatic carbocycles. The molecule has 0 aliphatic carbocycles. The average molecular weight is 385 g/mol. The van der Waals surface area contributed by atoms with Gasteiger partial charge >= 0.3 is 5.97 Å². The number of hydrogen-bond donors (Lipinski definition) is 1. The molecule has 0 spiro atoms. The van der Waals surface area contributed by atoms with Gasteiger partial charge in [-0.15, -0.1) is 0 Å². The van der Waals surface area contributed by atoms with Crippen LogP contribution < -0.4 is 10.1 Å². The molecule has 0 bridgehead atoms. The summed E-state index contributed by atoms with van der Waals surface area (Å²) in [4.78, 5) is 23.8. The van der Waals surface area contributed by atoms with Gasteiger partial charge in [0.1, 0.15) is 17.4 Å². The van der Waals surface area contributed by atoms with Crippen LogP contribution in [-0.2, 0) is 14.3 Å². The van der Waals surface area contributed by atoms with Gasteiger partial charge < -0.3 is 14.8 Å². The summed E-state index contributed by atoms with van der Waals surface area (Å²) in [6.07, 6.45) is 1.39. The zero-order valence-electron chi connectivity index (χ0n) is 14.6. The summed E-state index contributed by atoms with van der Waals surface area (Å²) in [7, 11) is 0. The van der Waals surface area contributed by atoms with Crippen LogP contribution in [0.4, 0.5) is 5.69 Å². The van der Waals surface area contributed by atoms with Crippen molar-refractivity contribution in [3.63, 3.8) is 0 Å². The molecule has 0 aliphatic rings. The fourth-order valence-corrected chi connectivity index (χ4v) is 2.23. The van der Waals surface area contributed by atoms with Crippen LogP contribution in [0.3, 0.4) is 0 Å². The maximum Gasteiger partial charge on any atom is 0.344 e. The number of carbonyl (C=O) groups excluding carboxylic acids is 2. The number of hydrogen-bond acceptors (Lipinski definition) is 5. The molecule has 0 fully saturated rings. The number of nitrogens with one attached hydrogen (secondary N) is 1. The van der Waals surface area contributed by atoms with Gasteiger partial charge in [0.2, 0.25) is 0 Å². The second kappa shape index (κ2) is 10.00. The lowest BCUT2D eigenvalue weighted by Crippen LogP contribution is -2.15. The fourth-order valence-electron chi connectivity index (χ4n) is 2.11. The van der Waals surface area contributed by atoms with Crippen LogP contribution in [0, 0.1) is 11.3 Å². The van der Waals surface area contributed by atoms with Crippen LogP contribution in [-0.4, -0.2) is 25.1 Å². The minimum Gasteiger partial charge on any atom is -0.481 e. The van der Waals surface area contributed by atoms with Gasteiger partial charge in [0.15, 0.2) is 6.61 Å². The zero-order chi connectivity index (χ0) is 19.6. The molecule has 0 heterocycles. The van der Waals surface area contributed by atoms with E-state index in [1.54, 1.807) is 55.5 Å². The van der Waals surface area contributed by atoms with Crippen molar-refractivity contribution < 1.29 is 19.1 Å². The number of ether oxygens (including phenoxy) is 2. The molecule has 1 N–H and O–H groups in total. The number of para-hydroxylation sites is 1. The summed E-state index contributed by atoms with van der Waals surface area (Å²) in [5.74, 6) is -0.713. The summed E-state index contributed by atoms with van der Waals surface area (Å²) in [5, 5.41) is 12.5. The van der Waals surface area contributed by atoms with Crippen molar-refractivity contribution in [3.05, 3.63) is 64.7 Å². The van der Waals surface area contributed by atoms with E-state index in [0.29, 0.717) is 22.0 Å². The van der Waals surface area contributed by atoms with Crippen LogP contribution >= 0.6 is 11.6 Å². The summed E-state index contributed by atoms with van der Waals surface area (Å²) in [6, 6.07) is 15.2. The van der Waals surface area contributed by atoms with Crippen molar-refractivity contribution in [2.45, 2.75) is 6.92 Å². The standard InChI is InChI=1S/C20H17ClN2O4/c1-2-26-19(24)13-27-18-6-4-3-5-14(18)11-15(12-22)20(25)23-17-9-7-16(21)8-10-17/h3-11H,2,13H2,1H3,(H,23,25)/b15-11+. The Morgan fingerprint density at radius 2 is 1.89 bits per heavy atom. The quantitative estimate of drug-likeness (QED) is 0.445. The summed E-state index contributed by atoms with van der Waals surface area (Å²) in [6.45, 7) is 1.69. The Labute approximate surface area is 162 Å². The number of amides is 1. The van der Waals surface area contributed by atoms with E-state index in [1.165, 1.54) is 6.08 Å². The molecule has 27 heavy (non-hydrogen) atoms. The van der Waals surface area contributed by atoms with E-state index < -0.39 is 11.9 Å². The molecule has 138 valence electrons. The number of anilines is 1. The average Bonchev–Trinajstić information content (AvgIpc) is 2.67. The van der Waals surface area contributed by atoms with Crippen LogP contribution in [0.2, 0.25) is 5.02 Å². The Morgan fingerprint density at radius 1 is 1.19 bits per heavy atom. The van der Waals surface area contributed by atoms with Crippen molar-refractivity contribution in [3.8, 4) is 11.8 Å². The summed E-state index contributed by atoms with van der Waals surface area (Å²) >= 11 is 5.81. The van der Waals surface area contributed by atoms with Crippen LogP contribution in [0.15, 0.2) is 54.1 Å². The fraction of sp³-hybridized carbons (Fsp3) is 0.150. The number of esters is 1. The van der Waals surface area contributed by atoms with E-state index in [-0.39, 0.29) is 18.8 Å². The van der Waals surface area contributed by atoms with Crippen molar-refractivity contribution in [1.29, 1.82) is 5.26 Å². The highest BCUT2D eigenvalue weighted by atomic mass is 35.5. The van der Waals surface area contributed by atoms with E-state index in [0.717, 1.165) is 0 Å². The van der Waals surface area contributed by atoms with Gasteiger partial charge in [0, 0.05) is 16.3 Å². The molecule has 0 aromatic heterocycles. The maximum atomic E-state index is 12.3. The normalized spacial score (nSPS) is 10.6. The molecule has 1 amide bonds. The molecular formula is C20H17ClN2O4. The monoisotopic (exact) mass is 384 g/mol. The maximum absolute atomic E-state index is 12.3. The Morgan fingerprint density at radius 3 is 2.56 bits per heavy atom. The lowest BCUT2D eigenvalue weighted by atomic mass is 10.1. The van der Waals surface area contributed by atoms with Gasteiger partial charge in [-0.25, -0.2) is 4.79 Å². The Balaban J connectivity index is 2.16. The lowest BCUT2D eigenvalue weighted by Gasteiger charge is -2.09. The third-order valence-electron chi connectivity index (χ3n) is 3.34. The van der Waals surface area contributed by atoms with Crippen molar-refractivity contribution in [1.82, 2.24) is 0 Å². The molecule has 2 rings (SSSR count). The highest BCUT2D eigenvalue weighted by Crippen LogP contribution is 2.22. The first kappa shape index (κ1) is 20.0. The van der Waals surface area contributed by atoms with Crippen LogP contribution in [0.1, 0.15) is 12.5 Å². The number of rotatable bonds is 7. The SMILES string of the molecule is CCOC(=O)COc1ccccc1/C=C(\C#N)C(=O)Nc1ccc(Cl)cc1. The molecule has 2 aromatic rings. The second-order valence-corrected chi connectivity index (χ2v) is 5.70. The first-order valence-corrected chi connectivity index (χ1v) is 8.47. The van der Waals surface area contributed by atoms with Crippen LogP contribution in [0.25, 0.3) is 6.08 Å². The number of nitrogens with zero attached hydrogens (tertiary/aromatic N) is 1. The van der Waals surface area contributed by atoms with E-state index in [1.807, 2.05) is 6.07 Å². The predicted molar refractivity (Wildman–Crippen MR) is 102 cm³/mol. The second-order valence-electron chi connectivity index (χ2n) is 5.26. The minimum absolute atomic E-state index is 0.114. The first-order valence-electron chi connectivity index (χ1n) is 8.09. The zero-order valence-corrected chi connectivity index (χ0v) is 15.3. The van der Waals surface area contributed by atoms with Gasteiger partial charge in [-0.05, 0) is 43.3 Å². The smallest absolute Gasteiger partial charge is 0.344 e. The van der Waals surface area contributed by atoms with Crippen molar-refractivity contribution >= 4 is 35.2 Å². The molecule has 0 radical (unpaired) electrons. The van der Waals surface area contributed by atoms with Crippen molar-refractivity contribution in [2.75, 3.05) is 18.5 Å². The van der Waals surface area contributed by atoms with Gasteiger partial charge in [0.25, 0.3) is 5.91 Å². The predicted octanol–water partition coefficient (Wildman–Crippen LogP) is 3.83. The van der Waals surface area contributed by atoms with E-state index in [2.05, 4.69) is 5.32 Å². The van der Waals surface area contributed by atoms with E-state index in [9.17, 15) is 14.9 Å². The third kappa shape index (κ3) is 6.17. The number of nitriles is 1. The Kier molecular flexibility index (Phi) is 7.41. The molecule has 6 nitrogen and oxygen atoms in total. The number of halogens is 1. The molecule has 0 unspecified atom stereocenters. The Bertz CT molecular complexity index is 886. The van der Waals surface area contributed by atoms with E-state index >= 15 is 0 Å². The van der Waals surface area contributed by atoms with Gasteiger partial charge in [0.05, 0.1) is 6.61 Å². The summed E-state index contributed by atoms with van der Waals surface area (Å²) < 4.78 is 10.2. The van der Waals surface area contributed by atoms with E-state index in [4.69, 9.17) is 21.1 Å². The number of benzene rings is 2. The molecule has 0 saturated carbocycles. The molecule has 0 aliphatic heterocycles. The van der Waals surface area contributed by atoms with Crippen molar-refractivity contribution in [2.24, 2.45) is 0 Å². The topological polar surface area (TPSA) is 88.4 Å². The highest BCUT2D eigenvalue weighted by molar-refractivity contribution is 6.30. The number of carbonyl (C=O) groups is 2. The lowest BCUT2D eigenvalue weighted by molar-refractivity contribution is -0.145. The van der Waals surface area contributed by atoms with Crippen LogP contribution in [0.5, 0.6) is 5.75 Å². The largest absolute Gasteiger partial charge is 0.481 e. The molecule has 0 atom stereocenters. The summed E-state index contributed by atoms with van der Waals surface area (Å²) in [5.41, 5.74) is 0.888. The Hall–Kier alpha value is -3.30. The van der Waals surface area contributed by atoms with Gasteiger partial charge in [-0.2, -0.15) is 5.26 Å². The minimum atomic E-state index is -0.569. The molecule has 0 saturated heterocycles. The highest BCUT2D eigenvalue weighted by Gasteiger charge is 2.12. The van der Waals surface area contributed by atoms with Gasteiger partial charge in [-0.1, -0.05) is 29.8 Å². The molecular weight excluding hydrogens is 368 g/mol. The first-order chi connectivity index (χ1) is 13.0.